The van der Waals surface area contributed by atoms with E-state index in [2.05, 4.69) is 23.3 Å². The summed E-state index contributed by atoms with van der Waals surface area (Å²) >= 11 is 12.3. The molecule has 0 unspecified atom stereocenters. The number of aryl methyl sites for hydroxylation is 2. The molecule has 0 bridgehead atoms. The molecular weight excluding hydrogens is 393 g/mol. The number of rotatable bonds is 7. The largest absolute Gasteiger partial charge is 0.345 e. The van der Waals surface area contributed by atoms with Crippen LogP contribution in [0.4, 0.5) is 0 Å². The molecule has 28 heavy (non-hydrogen) atoms. The Hall–Kier alpha value is -2.30. The number of likely N-dealkylation sites (N-methyl/N-ethyl adjacent to an activating group) is 1. The minimum Gasteiger partial charge on any atom is -0.345 e. The van der Waals surface area contributed by atoms with E-state index in [0.717, 1.165) is 29.8 Å². The molecule has 0 aliphatic rings. The van der Waals surface area contributed by atoms with Crippen LogP contribution in [0.2, 0.25) is 10.0 Å². The van der Waals surface area contributed by atoms with E-state index in [-0.39, 0.29) is 12.3 Å². The van der Waals surface area contributed by atoms with Gasteiger partial charge in [0, 0.05) is 30.7 Å². The van der Waals surface area contributed by atoms with Gasteiger partial charge in [-0.15, -0.1) is 0 Å². The topological polar surface area (TPSA) is 38.1 Å². The van der Waals surface area contributed by atoms with Gasteiger partial charge in [-0.1, -0.05) is 59.6 Å². The van der Waals surface area contributed by atoms with Crippen LogP contribution in [0.5, 0.6) is 0 Å². The fourth-order valence-electron chi connectivity index (χ4n) is 3.14. The van der Waals surface area contributed by atoms with Crippen LogP contribution in [-0.4, -0.2) is 34.2 Å². The number of hydrogen-bond donors (Lipinski definition) is 0. The van der Waals surface area contributed by atoms with Gasteiger partial charge in [0.1, 0.15) is 0 Å². The molecule has 6 heteroatoms. The van der Waals surface area contributed by atoms with E-state index in [0.29, 0.717) is 22.2 Å². The Morgan fingerprint density at radius 3 is 2.43 bits per heavy atom. The van der Waals surface area contributed by atoms with Crippen molar-refractivity contribution in [1.29, 1.82) is 0 Å². The van der Waals surface area contributed by atoms with Crippen molar-refractivity contribution >= 4 is 29.1 Å². The zero-order chi connectivity index (χ0) is 20.1. The number of carbonyl (C=O) groups is 1. The fraction of sp³-hybridized carbons (Fsp3) is 0.273. The van der Waals surface area contributed by atoms with E-state index in [4.69, 9.17) is 23.2 Å². The molecule has 0 spiro atoms. The lowest BCUT2D eigenvalue weighted by Gasteiger charge is -2.17. The molecule has 0 fully saturated rings. The molecule has 0 saturated carbocycles. The SMILES string of the molecule is CN(CCCc1cc(-c2ccccc2)n(C)n1)C(=O)Cc1c(Cl)cccc1Cl. The van der Waals surface area contributed by atoms with E-state index >= 15 is 0 Å². The molecule has 1 aromatic heterocycles. The Morgan fingerprint density at radius 2 is 1.75 bits per heavy atom. The molecule has 3 aromatic rings. The van der Waals surface area contributed by atoms with E-state index in [1.165, 1.54) is 0 Å². The van der Waals surface area contributed by atoms with Crippen molar-refractivity contribution in [2.75, 3.05) is 13.6 Å². The van der Waals surface area contributed by atoms with Gasteiger partial charge in [0.05, 0.1) is 17.8 Å². The number of hydrogen-bond acceptors (Lipinski definition) is 2. The summed E-state index contributed by atoms with van der Waals surface area (Å²) in [5.41, 5.74) is 3.94. The van der Waals surface area contributed by atoms with Crippen LogP contribution < -0.4 is 0 Å². The summed E-state index contributed by atoms with van der Waals surface area (Å²) in [5.74, 6) is 0.000922. The predicted molar refractivity (Wildman–Crippen MR) is 115 cm³/mol. The molecule has 4 nitrogen and oxygen atoms in total. The van der Waals surface area contributed by atoms with Gasteiger partial charge in [0.2, 0.25) is 5.91 Å². The van der Waals surface area contributed by atoms with Crippen LogP contribution in [0.15, 0.2) is 54.6 Å². The second-order valence-corrected chi connectivity index (χ2v) is 7.62. The molecule has 0 radical (unpaired) electrons. The monoisotopic (exact) mass is 415 g/mol. The summed E-state index contributed by atoms with van der Waals surface area (Å²) in [6.07, 6.45) is 1.85. The lowest BCUT2D eigenvalue weighted by atomic mass is 10.1. The molecule has 2 aromatic carbocycles. The molecule has 1 heterocycles. The Balaban J connectivity index is 1.54. The van der Waals surface area contributed by atoms with Gasteiger partial charge >= 0.3 is 0 Å². The Kier molecular flexibility index (Phi) is 6.76. The zero-order valence-corrected chi connectivity index (χ0v) is 17.5. The van der Waals surface area contributed by atoms with Gasteiger partial charge < -0.3 is 4.90 Å². The highest BCUT2D eigenvalue weighted by molar-refractivity contribution is 6.36. The van der Waals surface area contributed by atoms with Gasteiger partial charge in [-0.25, -0.2) is 0 Å². The summed E-state index contributed by atoms with van der Waals surface area (Å²) in [6.45, 7) is 0.651. The van der Waals surface area contributed by atoms with Crippen molar-refractivity contribution in [3.8, 4) is 11.3 Å². The van der Waals surface area contributed by atoms with Crippen molar-refractivity contribution in [1.82, 2.24) is 14.7 Å². The van der Waals surface area contributed by atoms with Crippen LogP contribution in [0.3, 0.4) is 0 Å². The van der Waals surface area contributed by atoms with Crippen molar-refractivity contribution in [3.05, 3.63) is 75.9 Å². The van der Waals surface area contributed by atoms with Crippen molar-refractivity contribution in [2.24, 2.45) is 7.05 Å². The third-order valence-electron chi connectivity index (χ3n) is 4.74. The van der Waals surface area contributed by atoms with Crippen LogP contribution in [0, 0.1) is 0 Å². The zero-order valence-electron chi connectivity index (χ0n) is 16.0. The van der Waals surface area contributed by atoms with E-state index in [9.17, 15) is 4.79 Å². The molecule has 0 atom stereocenters. The van der Waals surface area contributed by atoms with Gasteiger partial charge in [0.25, 0.3) is 0 Å². The van der Waals surface area contributed by atoms with Crippen molar-refractivity contribution in [2.45, 2.75) is 19.3 Å². The number of aromatic nitrogens is 2. The second kappa shape index (κ2) is 9.26. The molecule has 3 rings (SSSR count). The maximum Gasteiger partial charge on any atom is 0.226 e. The first kappa shape index (κ1) is 20.4. The Bertz CT molecular complexity index is 933. The maximum atomic E-state index is 12.5. The van der Waals surface area contributed by atoms with E-state index < -0.39 is 0 Å². The Labute approximate surface area is 175 Å². The molecule has 1 amide bonds. The third kappa shape index (κ3) is 4.94. The lowest BCUT2D eigenvalue weighted by Crippen LogP contribution is -2.29. The highest BCUT2D eigenvalue weighted by Crippen LogP contribution is 2.25. The number of nitrogens with zero attached hydrogens (tertiary/aromatic N) is 3. The minimum atomic E-state index is 0.000922. The molecule has 0 N–H and O–H groups in total. The van der Waals surface area contributed by atoms with Crippen LogP contribution in [0.25, 0.3) is 11.3 Å². The highest BCUT2D eigenvalue weighted by atomic mass is 35.5. The van der Waals surface area contributed by atoms with Gasteiger partial charge in [-0.2, -0.15) is 5.10 Å². The summed E-state index contributed by atoms with van der Waals surface area (Å²) < 4.78 is 1.90. The standard InChI is InChI=1S/C22H23Cl2N3O/c1-26(22(28)15-18-19(23)11-6-12-20(18)24)13-7-10-17-14-21(27(2)25-17)16-8-4-3-5-9-16/h3-6,8-9,11-12,14H,7,10,13,15H2,1-2H3. The van der Waals surface area contributed by atoms with Gasteiger partial charge in [0.15, 0.2) is 0 Å². The average molecular weight is 416 g/mol. The highest BCUT2D eigenvalue weighted by Gasteiger charge is 2.15. The number of amides is 1. The first-order chi connectivity index (χ1) is 13.5. The maximum absolute atomic E-state index is 12.5. The van der Waals surface area contributed by atoms with Gasteiger partial charge in [-0.3, -0.25) is 9.48 Å². The van der Waals surface area contributed by atoms with Crippen LogP contribution in [0.1, 0.15) is 17.7 Å². The molecular formula is C22H23Cl2N3O. The summed E-state index contributed by atoms with van der Waals surface area (Å²) in [7, 11) is 3.76. The number of benzene rings is 2. The molecule has 0 aliphatic carbocycles. The fourth-order valence-corrected chi connectivity index (χ4v) is 3.67. The molecule has 146 valence electrons. The van der Waals surface area contributed by atoms with Crippen molar-refractivity contribution < 1.29 is 4.79 Å². The quantitative estimate of drug-likeness (QED) is 0.542. The van der Waals surface area contributed by atoms with Crippen molar-refractivity contribution in [3.63, 3.8) is 0 Å². The van der Waals surface area contributed by atoms with E-state index in [1.807, 2.05) is 29.9 Å². The Morgan fingerprint density at radius 1 is 1.07 bits per heavy atom. The summed E-state index contributed by atoms with van der Waals surface area (Å²) in [6, 6.07) is 17.6. The normalized spacial score (nSPS) is 10.9. The second-order valence-electron chi connectivity index (χ2n) is 6.81. The lowest BCUT2D eigenvalue weighted by molar-refractivity contribution is -0.129. The van der Waals surface area contributed by atoms with Crippen LogP contribution >= 0.6 is 23.2 Å². The summed E-state index contributed by atoms with van der Waals surface area (Å²) in [5, 5.41) is 5.65. The summed E-state index contributed by atoms with van der Waals surface area (Å²) in [4.78, 5) is 14.2. The smallest absolute Gasteiger partial charge is 0.226 e. The molecule has 0 aliphatic heterocycles. The average Bonchev–Trinajstić information content (AvgIpc) is 3.05. The number of halogens is 2. The van der Waals surface area contributed by atoms with E-state index in [1.54, 1.807) is 30.1 Å². The third-order valence-corrected chi connectivity index (χ3v) is 5.45. The minimum absolute atomic E-state index is 0.000922. The first-order valence-corrected chi connectivity index (χ1v) is 9.96. The molecule has 0 saturated heterocycles. The van der Waals surface area contributed by atoms with Crippen LogP contribution in [-0.2, 0) is 24.7 Å². The predicted octanol–water partition coefficient (Wildman–Crippen LogP) is 5.03. The number of carbonyl (C=O) groups excluding carboxylic acids is 1. The van der Waals surface area contributed by atoms with Gasteiger partial charge in [-0.05, 0) is 42.2 Å². The first-order valence-electron chi connectivity index (χ1n) is 9.21.